The number of imidazole rings is 1. The van der Waals surface area contributed by atoms with Gasteiger partial charge in [-0.1, -0.05) is 42.5 Å². The second-order valence-corrected chi connectivity index (χ2v) is 6.24. The smallest absolute Gasteiger partial charge is 0.246 e. The van der Waals surface area contributed by atoms with Crippen LogP contribution < -0.4 is 5.43 Å². The number of aromatic nitrogens is 2. The van der Waals surface area contributed by atoms with E-state index < -0.39 is 0 Å². The highest BCUT2D eigenvalue weighted by Crippen LogP contribution is 2.16. The summed E-state index contributed by atoms with van der Waals surface area (Å²) in [5.74, 6) is -0.183. The zero-order chi connectivity index (χ0) is 16.4. The molecule has 0 aliphatic heterocycles. The Kier molecular flexibility index (Phi) is 3.80. The molecule has 2 aromatic carbocycles. The van der Waals surface area contributed by atoms with Gasteiger partial charge >= 0.3 is 0 Å². The first-order valence-electron chi connectivity index (χ1n) is 7.50. The van der Waals surface area contributed by atoms with Gasteiger partial charge in [0.1, 0.15) is 0 Å². The van der Waals surface area contributed by atoms with Crippen LogP contribution in [0.25, 0.3) is 15.7 Å². The number of rotatable bonds is 4. The number of thiazole rings is 1. The maximum absolute atomic E-state index is 12.0. The molecule has 6 heteroatoms. The molecule has 0 fully saturated rings. The van der Waals surface area contributed by atoms with Crippen molar-refractivity contribution >= 4 is 39.2 Å². The summed E-state index contributed by atoms with van der Waals surface area (Å²) in [7, 11) is 0. The molecule has 0 spiro atoms. The largest absolute Gasteiger partial charge is 0.297 e. The van der Waals surface area contributed by atoms with Gasteiger partial charge in [0.05, 0.1) is 18.3 Å². The van der Waals surface area contributed by atoms with Gasteiger partial charge in [0.25, 0.3) is 0 Å². The van der Waals surface area contributed by atoms with Crippen LogP contribution in [0.4, 0.5) is 0 Å². The van der Waals surface area contributed by atoms with Gasteiger partial charge in [-0.15, -0.1) is 11.3 Å². The Morgan fingerprint density at radius 2 is 2.12 bits per heavy atom. The average Bonchev–Trinajstić information content (AvgIpc) is 3.16. The Bertz CT molecular complexity index is 1010. The summed E-state index contributed by atoms with van der Waals surface area (Å²) in [6.45, 7) is 0. The Morgan fingerprint density at radius 3 is 3.04 bits per heavy atom. The monoisotopic (exact) mass is 334 g/mol. The molecule has 5 nitrogen and oxygen atoms in total. The van der Waals surface area contributed by atoms with Crippen LogP contribution in [0.2, 0.25) is 0 Å². The van der Waals surface area contributed by atoms with E-state index in [9.17, 15) is 4.79 Å². The molecule has 1 amide bonds. The normalized spacial score (nSPS) is 11.5. The van der Waals surface area contributed by atoms with Crippen LogP contribution in [-0.4, -0.2) is 21.5 Å². The second kappa shape index (κ2) is 6.25. The first-order chi connectivity index (χ1) is 11.8. The maximum atomic E-state index is 12.0. The van der Waals surface area contributed by atoms with E-state index in [1.807, 2.05) is 52.5 Å². The zero-order valence-corrected chi connectivity index (χ0v) is 13.5. The van der Waals surface area contributed by atoms with E-state index in [-0.39, 0.29) is 12.3 Å². The number of nitrogens with zero attached hydrogens (tertiary/aromatic N) is 3. The standard InChI is InChI=1S/C18H14N4OS/c23-17(10-15-12-22-8-9-24-18(22)20-15)21-19-11-14-6-3-5-13-4-1-2-7-16(13)14/h1-9,11-12H,10H2,(H,21,23)/b19-11-. The molecule has 2 heterocycles. The van der Waals surface area contributed by atoms with Crippen molar-refractivity contribution < 1.29 is 4.79 Å². The highest BCUT2D eigenvalue weighted by molar-refractivity contribution is 7.15. The quantitative estimate of drug-likeness (QED) is 0.460. The van der Waals surface area contributed by atoms with Crippen molar-refractivity contribution in [3.8, 4) is 0 Å². The Balaban J connectivity index is 1.44. The molecule has 0 saturated heterocycles. The van der Waals surface area contributed by atoms with E-state index in [0.717, 1.165) is 27.0 Å². The lowest BCUT2D eigenvalue weighted by Gasteiger charge is -2.01. The van der Waals surface area contributed by atoms with Crippen LogP contribution in [0.15, 0.2) is 65.3 Å². The molecule has 0 radical (unpaired) electrons. The van der Waals surface area contributed by atoms with Gasteiger partial charge in [-0.25, -0.2) is 10.4 Å². The van der Waals surface area contributed by atoms with Gasteiger partial charge in [-0.05, 0) is 10.8 Å². The molecule has 0 saturated carbocycles. The summed E-state index contributed by atoms with van der Waals surface area (Å²) in [6, 6.07) is 14.1. The van der Waals surface area contributed by atoms with Gasteiger partial charge in [0, 0.05) is 23.3 Å². The third-order valence-electron chi connectivity index (χ3n) is 3.70. The van der Waals surface area contributed by atoms with Crippen LogP contribution in [0.5, 0.6) is 0 Å². The van der Waals surface area contributed by atoms with Crippen molar-refractivity contribution in [2.24, 2.45) is 5.10 Å². The summed E-state index contributed by atoms with van der Waals surface area (Å²) in [5, 5.41) is 8.28. The summed E-state index contributed by atoms with van der Waals surface area (Å²) < 4.78 is 1.91. The van der Waals surface area contributed by atoms with Crippen molar-refractivity contribution in [1.82, 2.24) is 14.8 Å². The third kappa shape index (κ3) is 2.91. The molecule has 1 N–H and O–H groups in total. The maximum Gasteiger partial charge on any atom is 0.246 e. The van der Waals surface area contributed by atoms with Crippen LogP contribution in [-0.2, 0) is 11.2 Å². The van der Waals surface area contributed by atoms with E-state index in [1.165, 1.54) is 0 Å². The Labute approximate surface area is 142 Å². The molecule has 0 unspecified atom stereocenters. The van der Waals surface area contributed by atoms with Gasteiger partial charge in [-0.2, -0.15) is 5.10 Å². The molecular formula is C18H14N4OS. The van der Waals surface area contributed by atoms with Crippen molar-refractivity contribution in [2.45, 2.75) is 6.42 Å². The number of carbonyl (C=O) groups is 1. The second-order valence-electron chi connectivity index (χ2n) is 5.36. The molecule has 0 aliphatic carbocycles. The predicted octanol–water partition coefficient (Wildman–Crippen LogP) is 3.24. The predicted molar refractivity (Wildman–Crippen MR) is 96.5 cm³/mol. The molecule has 24 heavy (non-hydrogen) atoms. The lowest BCUT2D eigenvalue weighted by Crippen LogP contribution is -2.19. The fourth-order valence-electron chi connectivity index (χ4n) is 2.60. The summed E-state index contributed by atoms with van der Waals surface area (Å²) in [4.78, 5) is 17.3. The Hall–Kier alpha value is -2.99. The molecule has 2 aromatic heterocycles. The average molecular weight is 334 g/mol. The van der Waals surface area contributed by atoms with Crippen LogP contribution >= 0.6 is 11.3 Å². The van der Waals surface area contributed by atoms with Crippen molar-refractivity contribution in [3.05, 3.63) is 71.5 Å². The topological polar surface area (TPSA) is 58.8 Å². The molecule has 0 bridgehead atoms. The number of benzene rings is 2. The lowest BCUT2D eigenvalue weighted by atomic mass is 10.1. The van der Waals surface area contributed by atoms with E-state index in [0.29, 0.717) is 0 Å². The van der Waals surface area contributed by atoms with E-state index in [2.05, 4.69) is 27.6 Å². The Morgan fingerprint density at radius 1 is 1.25 bits per heavy atom. The fourth-order valence-corrected chi connectivity index (χ4v) is 3.32. The zero-order valence-electron chi connectivity index (χ0n) is 12.7. The minimum atomic E-state index is -0.183. The number of hydrogen-bond donors (Lipinski definition) is 1. The van der Waals surface area contributed by atoms with Gasteiger partial charge < -0.3 is 0 Å². The molecular weight excluding hydrogens is 320 g/mol. The minimum Gasteiger partial charge on any atom is -0.297 e. The van der Waals surface area contributed by atoms with Crippen LogP contribution in [0.3, 0.4) is 0 Å². The number of carbonyl (C=O) groups excluding carboxylic acids is 1. The molecule has 0 aliphatic rings. The van der Waals surface area contributed by atoms with Crippen molar-refractivity contribution in [3.63, 3.8) is 0 Å². The number of nitrogens with one attached hydrogen (secondary N) is 1. The van der Waals surface area contributed by atoms with E-state index in [4.69, 9.17) is 0 Å². The highest BCUT2D eigenvalue weighted by atomic mass is 32.1. The molecule has 4 aromatic rings. The number of hydrazone groups is 1. The van der Waals surface area contributed by atoms with Gasteiger partial charge in [-0.3, -0.25) is 9.20 Å². The summed E-state index contributed by atoms with van der Waals surface area (Å²) >= 11 is 1.54. The first-order valence-corrected chi connectivity index (χ1v) is 8.38. The molecule has 4 rings (SSSR count). The number of amides is 1. The van der Waals surface area contributed by atoms with Crippen molar-refractivity contribution in [2.75, 3.05) is 0 Å². The number of fused-ring (bicyclic) bond motifs is 2. The minimum absolute atomic E-state index is 0.183. The lowest BCUT2D eigenvalue weighted by molar-refractivity contribution is -0.120. The highest BCUT2D eigenvalue weighted by Gasteiger charge is 2.07. The van der Waals surface area contributed by atoms with Crippen LogP contribution in [0, 0.1) is 0 Å². The summed E-state index contributed by atoms with van der Waals surface area (Å²) in [5.41, 5.74) is 4.27. The van der Waals surface area contributed by atoms with Gasteiger partial charge in [0.2, 0.25) is 5.91 Å². The van der Waals surface area contributed by atoms with E-state index >= 15 is 0 Å². The van der Waals surface area contributed by atoms with E-state index in [1.54, 1.807) is 17.6 Å². The molecule has 118 valence electrons. The van der Waals surface area contributed by atoms with Gasteiger partial charge in [0.15, 0.2) is 4.96 Å². The fraction of sp³-hybridized carbons (Fsp3) is 0.0556. The summed E-state index contributed by atoms with van der Waals surface area (Å²) in [6.07, 6.45) is 5.67. The SMILES string of the molecule is O=C(Cc1cn2ccsc2n1)N/N=C\c1cccc2ccccc12. The third-order valence-corrected chi connectivity index (χ3v) is 4.47. The molecule has 0 atom stereocenters. The van der Waals surface area contributed by atoms with Crippen LogP contribution in [0.1, 0.15) is 11.3 Å². The first kappa shape index (κ1) is 14.6. The number of hydrogen-bond acceptors (Lipinski definition) is 4. The van der Waals surface area contributed by atoms with Crippen molar-refractivity contribution in [1.29, 1.82) is 0 Å².